The van der Waals surface area contributed by atoms with E-state index in [-0.39, 0.29) is 11.2 Å². The van der Waals surface area contributed by atoms with E-state index in [9.17, 15) is 4.79 Å². The summed E-state index contributed by atoms with van der Waals surface area (Å²) < 4.78 is 5.84. The summed E-state index contributed by atoms with van der Waals surface area (Å²) in [5.74, 6) is 0.619. The van der Waals surface area contributed by atoms with E-state index in [4.69, 9.17) is 10.00 Å². The standard InChI is InChI=1S/C20H19N5O2S2/c1-13(18(26)23-17-6-4-3-5-15(17)11-21)28-20-25-24-19(29-20)22-12-14-7-9-16(27-2)10-8-14/h3-10,13H,12H2,1-2H3,(H,22,24)(H,23,26). The van der Waals surface area contributed by atoms with Crippen LogP contribution < -0.4 is 15.4 Å². The van der Waals surface area contributed by atoms with Crippen LogP contribution in [0.25, 0.3) is 0 Å². The number of nitriles is 1. The predicted molar refractivity (Wildman–Crippen MR) is 115 cm³/mol. The normalized spacial score (nSPS) is 11.3. The fourth-order valence-corrected chi connectivity index (χ4v) is 4.27. The van der Waals surface area contributed by atoms with E-state index in [0.717, 1.165) is 11.3 Å². The van der Waals surface area contributed by atoms with Crippen LogP contribution in [0.15, 0.2) is 52.9 Å². The van der Waals surface area contributed by atoms with Gasteiger partial charge in [0.25, 0.3) is 0 Å². The second-order valence-corrected chi connectivity index (χ2v) is 8.55. The molecule has 0 fully saturated rings. The van der Waals surface area contributed by atoms with Gasteiger partial charge in [-0.1, -0.05) is 47.4 Å². The molecule has 3 aromatic rings. The SMILES string of the molecule is COc1ccc(CNc2nnc(SC(C)C(=O)Nc3ccccc3C#N)s2)cc1. The first-order valence-corrected chi connectivity index (χ1v) is 10.5. The number of rotatable bonds is 8. The van der Waals surface area contributed by atoms with Crippen LogP contribution in [-0.2, 0) is 11.3 Å². The van der Waals surface area contributed by atoms with Crippen molar-refractivity contribution in [3.63, 3.8) is 0 Å². The first-order valence-electron chi connectivity index (χ1n) is 8.76. The molecule has 0 aliphatic carbocycles. The highest BCUT2D eigenvalue weighted by Gasteiger charge is 2.18. The topological polar surface area (TPSA) is 99.9 Å². The van der Waals surface area contributed by atoms with Crippen molar-refractivity contribution in [2.45, 2.75) is 23.1 Å². The number of aromatic nitrogens is 2. The maximum atomic E-state index is 12.4. The molecule has 0 aliphatic rings. The fraction of sp³-hybridized carbons (Fsp3) is 0.200. The summed E-state index contributed by atoms with van der Waals surface area (Å²) in [5.41, 5.74) is 2.03. The number of amides is 1. The minimum Gasteiger partial charge on any atom is -0.497 e. The minimum absolute atomic E-state index is 0.194. The molecule has 0 aliphatic heterocycles. The second kappa shape index (κ2) is 9.91. The average Bonchev–Trinajstić information content (AvgIpc) is 3.20. The Bertz CT molecular complexity index is 1010. The number of ether oxygens (including phenoxy) is 1. The van der Waals surface area contributed by atoms with Gasteiger partial charge < -0.3 is 15.4 Å². The van der Waals surface area contributed by atoms with Crippen molar-refractivity contribution in [1.82, 2.24) is 10.2 Å². The number of carbonyl (C=O) groups excluding carboxylic acids is 1. The molecule has 9 heteroatoms. The lowest BCUT2D eigenvalue weighted by Crippen LogP contribution is -2.22. The molecule has 7 nitrogen and oxygen atoms in total. The van der Waals surface area contributed by atoms with Crippen LogP contribution in [-0.4, -0.2) is 28.5 Å². The molecule has 29 heavy (non-hydrogen) atoms. The summed E-state index contributed by atoms with van der Waals surface area (Å²) in [6, 6.07) is 16.8. The molecule has 1 aromatic heterocycles. The third kappa shape index (κ3) is 5.70. The van der Waals surface area contributed by atoms with Crippen LogP contribution in [0.5, 0.6) is 5.75 Å². The van der Waals surface area contributed by atoms with Gasteiger partial charge in [0.1, 0.15) is 11.8 Å². The van der Waals surface area contributed by atoms with Gasteiger partial charge >= 0.3 is 0 Å². The Morgan fingerprint density at radius 1 is 1.24 bits per heavy atom. The number of thioether (sulfide) groups is 1. The molecule has 1 atom stereocenters. The minimum atomic E-state index is -0.385. The van der Waals surface area contributed by atoms with E-state index >= 15 is 0 Å². The molecular weight excluding hydrogens is 406 g/mol. The fourth-order valence-electron chi connectivity index (χ4n) is 2.38. The summed E-state index contributed by atoms with van der Waals surface area (Å²) in [6.45, 7) is 2.41. The van der Waals surface area contributed by atoms with Crippen LogP contribution in [0.3, 0.4) is 0 Å². The maximum Gasteiger partial charge on any atom is 0.237 e. The van der Waals surface area contributed by atoms with Gasteiger partial charge in [-0.2, -0.15) is 5.26 Å². The summed E-state index contributed by atoms with van der Waals surface area (Å²) >= 11 is 2.72. The number of methoxy groups -OCH3 is 1. The van der Waals surface area contributed by atoms with Gasteiger partial charge in [0, 0.05) is 6.54 Å². The first-order chi connectivity index (χ1) is 14.1. The lowest BCUT2D eigenvalue weighted by atomic mass is 10.2. The molecule has 1 heterocycles. The summed E-state index contributed by atoms with van der Waals surface area (Å²) in [6.07, 6.45) is 0. The van der Waals surface area contributed by atoms with Crippen molar-refractivity contribution in [2.24, 2.45) is 0 Å². The van der Waals surface area contributed by atoms with Gasteiger partial charge in [0.2, 0.25) is 11.0 Å². The third-order valence-electron chi connectivity index (χ3n) is 3.96. The predicted octanol–water partition coefficient (Wildman–Crippen LogP) is 4.15. The van der Waals surface area contributed by atoms with Crippen molar-refractivity contribution < 1.29 is 9.53 Å². The number of carbonyl (C=O) groups is 1. The van der Waals surface area contributed by atoms with E-state index in [1.165, 1.54) is 23.1 Å². The second-order valence-electron chi connectivity index (χ2n) is 5.98. The lowest BCUT2D eigenvalue weighted by molar-refractivity contribution is -0.115. The average molecular weight is 426 g/mol. The molecule has 3 rings (SSSR count). The Morgan fingerprint density at radius 3 is 2.72 bits per heavy atom. The lowest BCUT2D eigenvalue weighted by Gasteiger charge is -2.11. The molecule has 1 amide bonds. The highest BCUT2D eigenvalue weighted by Crippen LogP contribution is 2.30. The van der Waals surface area contributed by atoms with Gasteiger partial charge in [-0.15, -0.1) is 10.2 Å². The molecule has 0 spiro atoms. The molecule has 0 radical (unpaired) electrons. The number of para-hydroxylation sites is 1. The molecule has 0 bridgehead atoms. The molecule has 148 valence electrons. The Hall–Kier alpha value is -3.09. The number of nitrogens with one attached hydrogen (secondary N) is 2. The highest BCUT2D eigenvalue weighted by molar-refractivity contribution is 8.02. The van der Waals surface area contributed by atoms with Crippen molar-refractivity contribution in [3.05, 3.63) is 59.7 Å². The van der Waals surface area contributed by atoms with Crippen molar-refractivity contribution in [2.75, 3.05) is 17.7 Å². The van der Waals surface area contributed by atoms with E-state index in [1.807, 2.05) is 24.3 Å². The van der Waals surface area contributed by atoms with Gasteiger partial charge in [-0.3, -0.25) is 4.79 Å². The molecule has 1 unspecified atom stereocenters. The Labute approximate surface area is 177 Å². The summed E-state index contributed by atoms with van der Waals surface area (Å²) in [5, 5.41) is 23.7. The van der Waals surface area contributed by atoms with Gasteiger partial charge in [0.05, 0.1) is 23.6 Å². The third-order valence-corrected chi connectivity index (χ3v) is 6.03. The zero-order chi connectivity index (χ0) is 20.6. The maximum absolute atomic E-state index is 12.4. The molecule has 2 aromatic carbocycles. The molecule has 0 saturated carbocycles. The smallest absolute Gasteiger partial charge is 0.237 e. The monoisotopic (exact) mass is 425 g/mol. The van der Waals surface area contributed by atoms with E-state index in [2.05, 4.69) is 26.9 Å². The molecule has 0 saturated heterocycles. The zero-order valence-corrected chi connectivity index (χ0v) is 17.5. The van der Waals surface area contributed by atoms with Crippen LogP contribution >= 0.6 is 23.1 Å². The van der Waals surface area contributed by atoms with Crippen LogP contribution in [0.1, 0.15) is 18.1 Å². The van der Waals surface area contributed by atoms with Crippen molar-refractivity contribution >= 4 is 39.8 Å². The Balaban J connectivity index is 1.53. The van der Waals surface area contributed by atoms with Crippen LogP contribution in [0, 0.1) is 11.3 Å². The zero-order valence-electron chi connectivity index (χ0n) is 15.9. The summed E-state index contributed by atoms with van der Waals surface area (Å²) in [4.78, 5) is 12.4. The largest absolute Gasteiger partial charge is 0.497 e. The van der Waals surface area contributed by atoms with Crippen LogP contribution in [0.4, 0.5) is 10.8 Å². The molecule has 2 N–H and O–H groups in total. The number of nitrogens with zero attached hydrogens (tertiary/aromatic N) is 3. The Morgan fingerprint density at radius 2 is 2.00 bits per heavy atom. The van der Waals surface area contributed by atoms with Gasteiger partial charge in [-0.05, 0) is 36.8 Å². The van der Waals surface area contributed by atoms with E-state index < -0.39 is 0 Å². The Kier molecular flexibility index (Phi) is 7.05. The highest BCUT2D eigenvalue weighted by atomic mass is 32.2. The first kappa shape index (κ1) is 20.6. The number of hydrogen-bond donors (Lipinski definition) is 2. The van der Waals surface area contributed by atoms with Crippen molar-refractivity contribution in [3.8, 4) is 11.8 Å². The van der Waals surface area contributed by atoms with E-state index in [0.29, 0.717) is 27.3 Å². The number of anilines is 2. The molecular formula is C20H19N5O2S2. The number of benzene rings is 2. The quantitative estimate of drug-likeness (QED) is 0.523. The van der Waals surface area contributed by atoms with Gasteiger partial charge in [-0.25, -0.2) is 0 Å². The number of hydrogen-bond acceptors (Lipinski definition) is 8. The summed E-state index contributed by atoms with van der Waals surface area (Å²) in [7, 11) is 1.64. The van der Waals surface area contributed by atoms with Crippen molar-refractivity contribution in [1.29, 1.82) is 5.26 Å². The van der Waals surface area contributed by atoms with E-state index in [1.54, 1.807) is 38.3 Å². The van der Waals surface area contributed by atoms with Crippen LogP contribution in [0.2, 0.25) is 0 Å². The van der Waals surface area contributed by atoms with Gasteiger partial charge in [0.15, 0.2) is 4.34 Å².